The van der Waals surface area contributed by atoms with E-state index in [1.807, 2.05) is 11.3 Å². The number of hydrogen-bond donors (Lipinski definition) is 1. The molecule has 1 N–H and O–H groups in total. The molecule has 0 amide bonds. The molecule has 0 bridgehead atoms. The molecule has 114 valence electrons. The van der Waals surface area contributed by atoms with Gasteiger partial charge in [-0.25, -0.2) is 0 Å². The Morgan fingerprint density at radius 3 is 2.50 bits per heavy atom. The third-order valence-corrected chi connectivity index (χ3v) is 5.44. The summed E-state index contributed by atoms with van der Waals surface area (Å²) in [5.41, 5.74) is 0. The van der Waals surface area contributed by atoms with Crippen LogP contribution in [0.1, 0.15) is 50.4 Å². The smallest absolute Gasteiger partial charge is 0.0446 e. The van der Waals surface area contributed by atoms with E-state index >= 15 is 0 Å². The van der Waals surface area contributed by atoms with Crippen LogP contribution in [0.5, 0.6) is 0 Å². The van der Waals surface area contributed by atoms with Gasteiger partial charge in [-0.1, -0.05) is 32.8 Å². The van der Waals surface area contributed by atoms with Gasteiger partial charge >= 0.3 is 0 Å². The van der Waals surface area contributed by atoms with Crippen molar-refractivity contribution >= 4 is 11.3 Å². The van der Waals surface area contributed by atoms with Gasteiger partial charge in [0.2, 0.25) is 0 Å². The molecular weight excluding hydrogens is 264 g/mol. The van der Waals surface area contributed by atoms with Crippen molar-refractivity contribution in [2.45, 2.75) is 51.6 Å². The monoisotopic (exact) mass is 294 g/mol. The molecule has 0 spiro atoms. The van der Waals surface area contributed by atoms with Crippen LogP contribution in [0.4, 0.5) is 0 Å². The van der Waals surface area contributed by atoms with Gasteiger partial charge in [0.05, 0.1) is 0 Å². The molecule has 20 heavy (non-hydrogen) atoms. The van der Waals surface area contributed by atoms with Crippen molar-refractivity contribution in [2.24, 2.45) is 11.8 Å². The zero-order chi connectivity index (χ0) is 14.5. The number of nitrogens with zero attached hydrogens (tertiary/aromatic N) is 1. The maximum Gasteiger partial charge on any atom is 0.0446 e. The van der Waals surface area contributed by atoms with Crippen molar-refractivity contribution in [3.63, 3.8) is 0 Å². The highest BCUT2D eigenvalue weighted by Crippen LogP contribution is 2.37. The summed E-state index contributed by atoms with van der Waals surface area (Å²) in [5, 5.41) is 6.22. The SMILES string of the molecule is CC(C)C(CN(C)C)NC(c1cccs1)C1CCCC1. The lowest BCUT2D eigenvalue weighted by molar-refractivity contribution is 0.241. The summed E-state index contributed by atoms with van der Waals surface area (Å²) in [6.07, 6.45) is 5.60. The molecule has 1 heterocycles. The van der Waals surface area contributed by atoms with E-state index in [2.05, 4.69) is 55.7 Å². The van der Waals surface area contributed by atoms with Gasteiger partial charge < -0.3 is 10.2 Å². The first-order valence-electron chi connectivity index (χ1n) is 8.02. The molecule has 0 aliphatic heterocycles. The minimum Gasteiger partial charge on any atom is -0.308 e. The predicted octanol–water partition coefficient (Wildman–Crippen LogP) is 4.16. The molecule has 2 nitrogen and oxygen atoms in total. The van der Waals surface area contributed by atoms with Crippen LogP contribution in [0, 0.1) is 11.8 Å². The van der Waals surface area contributed by atoms with Crippen molar-refractivity contribution in [1.82, 2.24) is 10.2 Å². The zero-order valence-electron chi connectivity index (χ0n) is 13.4. The third kappa shape index (κ3) is 4.31. The van der Waals surface area contributed by atoms with Crippen molar-refractivity contribution in [2.75, 3.05) is 20.6 Å². The van der Waals surface area contributed by atoms with E-state index < -0.39 is 0 Å². The second-order valence-electron chi connectivity index (χ2n) is 6.82. The van der Waals surface area contributed by atoms with Crippen molar-refractivity contribution in [3.8, 4) is 0 Å². The number of hydrogen-bond acceptors (Lipinski definition) is 3. The Morgan fingerprint density at radius 2 is 2.00 bits per heavy atom. The van der Waals surface area contributed by atoms with E-state index in [1.54, 1.807) is 0 Å². The largest absolute Gasteiger partial charge is 0.308 e. The van der Waals surface area contributed by atoms with Crippen LogP contribution in [0.25, 0.3) is 0 Å². The molecular formula is C17H30N2S. The highest BCUT2D eigenvalue weighted by atomic mass is 32.1. The van der Waals surface area contributed by atoms with E-state index in [0.717, 1.165) is 12.5 Å². The number of likely N-dealkylation sites (N-methyl/N-ethyl adjacent to an activating group) is 1. The van der Waals surface area contributed by atoms with Gasteiger partial charge in [0, 0.05) is 23.5 Å². The van der Waals surface area contributed by atoms with Crippen LogP contribution in [-0.2, 0) is 0 Å². The normalized spacial score (nSPS) is 19.9. The molecule has 2 atom stereocenters. The van der Waals surface area contributed by atoms with E-state index in [9.17, 15) is 0 Å². The maximum atomic E-state index is 4.00. The molecule has 1 saturated carbocycles. The lowest BCUT2D eigenvalue weighted by Crippen LogP contribution is -2.45. The predicted molar refractivity (Wildman–Crippen MR) is 89.3 cm³/mol. The van der Waals surface area contributed by atoms with Crippen molar-refractivity contribution in [3.05, 3.63) is 22.4 Å². The van der Waals surface area contributed by atoms with E-state index in [0.29, 0.717) is 18.0 Å². The first kappa shape index (κ1) is 16.0. The van der Waals surface area contributed by atoms with Gasteiger partial charge in [0.15, 0.2) is 0 Å². The topological polar surface area (TPSA) is 15.3 Å². The van der Waals surface area contributed by atoms with E-state index in [1.165, 1.54) is 30.6 Å². The second kappa shape index (κ2) is 7.58. The Kier molecular flexibility index (Phi) is 6.06. The summed E-state index contributed by atoms with van der Waals surface area (Å²) in [5.74, 6) is 1.50. The summed E-state index contributed by atoms with van der Waals surface area (Å²) in [4.78, 5) is 3.83. The van der Waals surface area contributed by atoms with Gasteiger partial charge in [0.25, 0.3) is 0 Å². The molecule has 0 saturated heterocycles. The molecule has 0 aromatic carbocycles. The van der Waals surface area contributed by atoms with Gasteiger partial charge in [-0.15, -0.1) is 11.3 Å². The average molecular weight is 295 g/mol. The maximum absolute atomic E-state index is 4.00. The molecule has 1 aromatic heterocycles. The van der Waals surface area contributed by atoms with Crippen LogP contribution < -0.4 is 5.32 Å². The molecule has 0 radical (unpaired) electrons. The lowest BCUT2D eigenvalue weighted by atomic mass is 9.93. The molecule has 1 aliphatic carbocycles. The zero-order valence-corrected chi connectivity index (χ0v) is 14.2. The minimum atomic E-state index is 0.560. The standard InChI is InChI=1S/C17H30N2S/c1-13(2)15(12-19(3)4)18-17(14-8-5-6-9-14)16-10-7-11-20-16/h7,10-11,13-15,17-18H,5-6,8-9,12H2,1-4H3. The van der Waals surface area contributed by atoms with Crippen LogP contribution >= 0.6 is 11.3 Å². The Bertz CT molecular complexity index is 366. The van der Waals surface area contributed by atoms with Crippen molar-refractivity contribution < 1.29 is 0 Å². The van der Waals surface area contributed by atoms with Crippen molar-refractivity contribution in [1.29, 1.82) is 0 Å². The quantitative estimate of drug-likeness (QED) is 0.812. The molecule has 2 unspecified atom stereocenters. The summed E-state index contributed by atoms with van der Waals surface area (Å²) < 4.78 is 0. The van der Waals surface area contributed by atoms with Gasteiger partial charge in [-0.2, -0.15) is 0 Å². The van der Waals surface area contributed by atoms with Gasteiger partial charge in [-0.3, -0.25) is 0 Å². The van der Waals surface area contributed by atoms with E-state index in [4.69, 9.17) is 0 Å². The Hall–Kier alpha value is -0.380. The van der Waals surface area contributed by atoms with Crippen LogP contribution in [0.15, 0.2) is 17.5 Å². The van der Waals surface area contributed by atoms with Crippen LogP contribution in [0.2, 0.25) is 0 Å². The first-order valence-corrected chi connectivity index (χ1v) is 8.90. The van der Waals surface area contributed by atoms with Gasteiger partial charge in [-0.05, 0) is 50.2 Å². The summed E-state index contributed by atoms with van der Waals surface area (Å²) in [6, 6.07) is 5.63. The summed E-state index contributed by atoms with van der Waals surface area (Å²) in [7, 11) is 4.35. The third-order valence-electron chi connectivity index (χ3n) is 4.48. The van der Waals surface area contributed by atoms with Gasteiger partial charge in [0.1, 0.15) is 0 Å². The molecule has 1 fully saturated rings. The molecule has 1 aliphatic rings. The molecule has 1 aromatic rings. The summed E-state index contributed by atoms with van der Waals surface area (Å²) >= 11 is 1.91. The summed E-state index contributed by atoms with van der Waals surface area (Å²) in [6.45, 7) is 5.79. The number of nitrogens with one attached hydrogen (secondary N) is 1. The Morgan fingerprint density at radius 1 is 1.30 bits per heavy atom. The molecule has 3 heteroatoms. The van der Waals surface area contributed by atoms with Crippen LogP contribution in [-0.4, -0.2) is 31.6 Å². The number of thiophene rings is 1. The highest BCUT2D eigenvalue weighted by molar-refractivity contribution is 7.10. The van der Waals surface area contributed by atoms with E-state index in [-0.39, 0.29) is 0 Å². The first-order chi connectivity index (χ1) is 9.58. The fourth-order valence-corrected chi connectivity index (χ4v) is 4.17. The number of rotatable bonds is 7. The second-order valence-corrected chi connectivity index (χ2v) is 7.80. The fraction of sp³-hybridized carbons (Fsp3) is 0.765. The average Bonchev–Trinajstić information content (AvgIpc) is 3.06. The minimum absolute atomic E-state index is 0.560. The highest BCUT2D eigenvalue weighted by Gasteiger charge is 2.29. The fourth-order valence-electron chi connectivity index (χ4n) is 3.29. The lowest BCUT2D eigenvalue weighted by Gasteiger charge is -2.33. The Balaban J connectivity index is 2.09. The molecule has 2 rings (SSSR count). The van der Waals surface area contributed by atoms with Crippen LogP contribution in [0.3, 0.4) is 0 Å². The Labute approximate surface area is 128 Å².